The van der Waals surface area contributed by atoms with E-state index in [9.17, 15) is 13.2 Å². The molecule has 0 radical (unpaired) electrons. The Kier molecular flexibility index (Phi) is 4.08. The number of sulfonamides is 1. The first-order valence-electron chi connectivity index (χ1n) is 8.81. The van der Waals surface area contributed by atoms with E-state index in [4.69, 9.17) is 4.42 Å². The molecule has 0 spiro atoms. The molecule has 1 aromatic carbocycles. The molecule has 0 atom stereocenters. The molecule has 1 amide bonds. The molecule has 1 N–H and O–H groups in total. The summed E-state index contributed by atoms with van der Waals surface area (Å²) < 4.78 is 32.9. The molecule has 7 heteroatoms. The molecule has 2 heterocycles. The van der Waals surface area contributed by atoms with Crippen LogP contribution in [0, 0.1) is 6.92 Å². The fourth-order valence-electron chi connectivity index (χ4n) is 3.31. The van der Waals surface area contributed by atoms with E-state index in [1.165, 1.54) is 0 Å². The Bertz CT molecular complexity index is 922. The van der Waals surface area contributed by atoms with Crippen molar-refractivity contribution in [2.24, 2.45) is 0 Å². The number of piperidine rings is 1. The van der Waals surface area contributed by atoms with E-state index in [1.54, 1.807) is 29.4 Å². The van der Waals surface area contributed by atoms with Crippen LogP contribution in [0.3, 0.4) is 0 Å². The molecular formula is C18H22N2O4S. The summed E-state index contributed by atoms with van der Waals surface area (Å²) >= 11 is 0. The predicted octanol–water partition coefficient (Wildman–Crippen LogP) is 2.81. The highest BCUT2D eigenvalue weighted by atomic mass is 32.2. The number of rotatable bonds is 4. The average Bonchev–Trinajstić information content (AvgIpc) is 3.37. The minimum Gasteiger partial charge on any atom is -0.451 e. The summed E-state index contributed by atoms with van der Waals surface area (Å²) in [7, 11) is -3.50. The Morgan fingerprint density at radius 1 is 1.20 bits per heavy atom. The van der Waals surface area contributed by atoms with E-state index < -0.39 is 10.0 Å². The van der Waals surface area contributed by atoms with Crippen molar-refractivity contribution in [1.29, 1.82) is 0 Å². The van der Waals surface area contributed by atoms with Crippen LogP contribution in [0.25, 0.3) is 11.0 Å². The van der Waals surface area contributed by atoms with Gasteiger partial charge >= 0.3 is 0 Å². The number of nitrogens with one attached hydrogen (secondary N) is 1. The maximum absolute atomic E-state index is 12.9. The molecule has 4 rings (SSSR count). The van der Waals surface area contributed by atoms with E-state index in [1.807, 2.05) is 0 Å². The zero-order chi connectivity index (χ0) is 17.6. The summed E-state index contributed by atoms with van der Waals surface area (Å²) in [5.41, 5.74) is 1.22. The first-order chi connectivity index (χ1) is 12.0. The normalized spacial score (nSPS) is 19.2. The Morgan fingerprint density at radius 2 is 1.92 bits per heavy atom. The maximum Gasteiger partial charge on any atom is 0.287 e. The number of amides is 1. The van der Waals surface area contributed by atoms with E-state index in [-0.39, 0.29) is 22.6 Å². The number of nitrogens with zero attached hydrogens (tertiary/aromatic N) is 1. The number of carbonyl (C=O) groups is 1. The Morgan fingerprint density at radius 3 is 2.60 bits per heavy atom. The smallest absolute Gasteiger partial charge is 0.287 e. The lowest BCUT2D eigenvalue weighted by atomic mass is 10.1. The third-order valence-electron chi connectivity index (χ3n) is 4.98. The van der Waals surface area contributed by atoms with Gasteiger partial charge < -0.3 is 9.73 Å². The molecule has 1 aliphatic heterocycles. The number of carbonyl (C=O) groups excluding carboxylic acids is 1. The number of hydrogen-bond donors (Lipinski definition) is 1. The van der Waals surface area contributed by atoms with Gasteiger partial charge in [-0.2, -0.15) is 4.31 Å². The van der Waals surface area contributed by atoms with Crippen molar-refractivity contribution in [3.05, 3.63) is 29.5 Å². The first-order valence-corrected chi connectivity index (χ1v) is 10.2. The van der Waals surface area contributed by atoms with Gasteiger partial charge in [0.1, 0.15) is 5.58 Å². The highest BCUT2D eigenvalue weighted by Gasteiger charge is 2.29. The number of aryl methyl sites for hydroxylation is 1. The van der Waals surface area contributed by atoms with Gasteiger partial charge in [0.05, 0.1) is 4.90 Å². The minimum atomic E-state index is -3.50. The molecule has 1 aromatic heterocycles. The van der Waals surface area contributed by atoms with Gasteiger partial charge in [-0.1, -0.05) is 6.42 Å². The summed E-state index contributed by atoms with van der Waals surface area (Å²) in [6, 6.07) is 5.09. The maximum atomic E-state index is 12.9. The van der Waals surface area contributed by atoms with Crippen LogP contribution in [0.15, 0.2) is 27.5 Å². The largest absolute Gasteiger partial charge is 0.451 e. The molecule has 1 saturated carbocycles. The van der Waals surface area contributed by atoms with Crippen LogP contribution < -0.4 is 5.32 Å². The van der Waals surface area contributed by atoms with Gasteiger partial charge in [-0.3, -0.25) is 4.79 Å². The van der Waals surface area contributed by atoms with Crippen LogP contribution in [0.5, 0.6) is 0 Å². The quantitative estimate of drug-likeness (QED) is 0.907. The molecule has 0 bridgehead atoms. The van der Waals surface area contributed by atoms with Gasteiger partial charge in [-0.25, -0.2) is 8.42 Å². The number of fused-ring (bicyclic) bond motifs is 1. The molecule has 134 valence electrons. The monoisotopic (exact) mass is 362 g/mol. The van der Waals surface area contributed by atoms with Crippen molar-refractivity contribution in [2.45, 2.75) is 50.0 Å². The lowest BCUT2D eigenvalue weighted by Crippen LogP contribution is -2.35. The summed E-state index contributed by atoms with van der Waals surface area (Å²) in [6.45, 7) is 2.94. The van der Waals surface area contributed by atoms with Gasteiger partial charge in [0.15, 0.2) is 5.76 Å². The van der Waals surface area contributed by atoms with Crippen molar-refractivity contribution in [2.75, 3.05) is 13.1 Å². The lowest BCUT2D eigenvalue weighted by molar-refractivity contribution is 0.0924. The second-order valence-corrected chi connectivity index (χ2v) is 8.86. The number of benzene rings is 1. The summed E-state index contributed by atoms with van der Waals surface area (Å²) in [5, 5.41) is 3.59. The molecule has 2 aromatic rings. The molecule has 1 saturated heterocycles. The van der Waals surface area contributed by atoms with Gasteiger partial charge in [0.25, 0.3) is 5.91 Å². The summed E-state index contributed by atoms with van der Waals surface area (Å²) in [5.74, 6) is 0.0473. The van der Waals surface area contributed by atoms with Gasteiger partial charge in [-0.15, -0.1) is 0 Å². The molecule has 1 aliphatic carbocycles. The van der Waals surface area contributed by atoms with Gasteiger partial charge in [0.2, 0.25) is 10.0 Å². The predicted molar refractivity (Wildman–Crippen MR) is 94.0 cm³/mol. The standard InChI is InChI=1S/C18H22N2O4S/c1-12-15-11-14(25(22,23)20-9-3-2-4-10-20)7-8-16(15)24-17(12)18(21)19-13-5-6-13/h7-8,11,13H,2-6,9-10H2,1H3,(H,19,21). The molecule has 25 heavy (non-hydrogen) atoms. The van der Waals surface area contributed by atoms with E-state index in [0.717, 1.165) is 32.1 Å². The van der Waals surface area contributed by atoms with Crippen molar-refractivity contribution < 1.29 is 17.6 Å². The van der Waals surface area contributed by atoms with Crippen LogP contribution in [-0.4, -0.2) is 37.8 Å². The Hall–Kier alpha value is -1.86. The summed E-state index contributed by atoms with van der Waals surface area (Å²) in [6.07, 6.45) is 4.88. The highest BCUT2D eigenvalue weighted by Crippen LogP contribution is 2.30. The zero-order valence-corrected chi connectivity index (χ0v) is 15.1. The molecular weight excluding hydrogens is 340 g/mol. The van der Waals surface area contributed by atoms with E-state index >= 15 is 0 Å². The highest BCUT2D eigenvalue weighted by molar-refractivity contribution is 7.89. The average molecular weight is 362 g/mol. The van der Waals surface area contributed by atoms with Crippen LogP contribution in [0.2, 0.25) is 0 Å². The Labute approximate surface area is 147 Å². The van der Waals surface area contributed by atoms with Crippen molar-refractivity contribution in [3.63, 3.8) is 0 Å². The molecule has 2 fully saturated rings. The van der Waals surface area contributed by atoms with Crippen LogP contribution in [0.4, 0.5) is 0 Å². The topological polar surface area (TPSA) is 79.6 Å². The number of hydrogen-bond acceptors (Lipinski definition) is 4. The minimum absolute atomic E-state index is 0.225. The van der Waals surface area contributed by atoms with Crippen molar-refractivity contribution in [1.82, 2.24) is 9.62 Å². The third kappa shape index (κ3) is 3.06. The lowest BCUT2D eigenvalue weighted by Gasteiger charge is -2.25. The Balaban J connectivity index is 1.69. The van der Waals surface area contributed by atoms with Gasteiger partial charge in [-0.05, 0) is 50.8 Å². The van der Waals surface area contributed by atoms with Crippen LogP contribution >= 0.6 is 0 Å². The zero-order valence-electron chi connectivity index (χ0n) is 14.2. The van der Waals surface area contributed by atoms with Crippen LogP contribution in [-0.2, 0) is 10.0 Å². The fraction of sp³-hybridized carbons (Fsp3) is 0.500. The van der Waals surface area contributed by atoms with E-state index in [0.29, 0.717) is 29.6 Å². The SMILES string of the molecule is Cc1c(C(=O)NC2CC2)oc2ccc(S(=O)(=O)N3CCCCC3)cc12. The third-order valence-corrected chi connectivity index (χ3v) is 6.87. The molecule has 2 aliphatic rings. The van der Waals surface area contributed by atoms with Crippen LogP contribution in [0.1, 0.15) is 48.2 Å². The second-order valence-electron chi connectivity index (χ2n) is 6.93. The van der Waals surface area contributed by atoms with Gasteiger partial charge in [0, 0.05) is 30.1 Å². The van der Waals surface area contributed by atoms with E-state index in [2.05, 4.69) is 5.32 Å². The second kappa shape index (κ2) is 6.14. The van der Waals surface area contributed by atoms with Crippen molar-refractivity contribution >= 4 is 26.9 Å². The first kappa shape index (κ1) is 16.6. The van der Waals surface area contributed by atoms with Crippen molar-refractivity contribution in [3.8, 4) is 0 Å². The number of furan rings is 1. The molecule has 0 unspecified atom stereocenters. The fourth-order valence-corrected chi connectivity index (χ4v) is 4.85. The summed E-state index contributed by atoms with van der Waals surface area (Å²) in [4.78, 5) is 12.5. The molecule has 6 nitrogen and oxygen atoms in total.